The molecule has 2 amide bonds. The van der Waals surface area contributed by atoms with Crippen molar-refractivity contribution in [2.24, 2.45) is 0 Å². The second kappa shape index (κ2) is 51.6. The molecule has 3 aliphatic heterocycles. The summed E-state index contributed by atoms with van der Waals surface area (Å²) >= 11 is 0. The molecule has 0 radical (unpaired) electrons. The van der Waals surface area contributed by atoms with Gasteiger partial charge in [-0.2, -0.15) is 0 Å². The summed E-state index contributed by atoms with van der Waals surface area (Å²) in [4.78, 5) is 38.5. The molecule has 23 nitrogen and oxygen atoms in total. The summed E-state index contributed by atoms with van der Waals surface area (Å²) in [6.07, 6.45) is 22.6. The highest BCUT2D eigenvalue weighted by Crippen LogP contribution is 2.39. The number of carboxylic acids is 1. The van der Waals surface area contributed by atoms with Crippen LogP contribution in [0.4, 0.5) is 0 Å². The fourth-order valence-corrected chi connectivity index (χ4v) is 13.1. The molecule has 94 heavy (non-hydrogen) atoms. The number of allylic oxidation sites excluding steroid dienone is 2. The van der Waals surface area contributed by atoms with Crippen molar-refractivity contribution in [1.82, 2.24) is 10.6 Å². The number of carbonyl (C=O) groups excluding carboxylic acids is 2. The molecule has 0 aromatic rings. The highest BCUT2D eigenvalue weighted by Gasteiger charge is 2.60. The first kappa shape index (κ1) is 85.7. The predicted octanol–water partition coefficient (Wildman–Crippen LogP) is 7.85. The number of hydrogen-bond donors (Lipinski definition) is 14. The molecular formula is C71H132N2O21. The standard InChI is InChI=1S/C71H132N2O21/c1-4-6-8-10-12-14-16-17-18-19-20-21-22-23-24-25-26-27-28-29-30-31-32-33-34-35-37-39-41-43-45-58(81)73-52(53(78)44-42-40-38-36-15-13-11-9-7-5-2)50-89-68-63(85)62(84)65(57(49-76)91-68)92-69-64(86)67(61(83)56(48-75)90-69)94-71(70(87)88)46-54(79)59(72-51(3)77)66(93-71)60(82)55(80)47-74/h23-24,52-57,59-69,74-76,78-80,82-86H,4-22,25-50H2,1-3H3,(H,72,77)(H,73,81)(H,87,88)/b24-23-. The number of aliphatic hydroxyl groups excluding tert-OH is 11. The molecule has 3 heterocycles. The van der Waals surface area contributed by atoms with Crippen molar-refractivity contribution in [2.45, 2.75) is 394 Å². The number of carboxylic acid groups (broad SMARTS) is 1. The Balaban J connectivity index is 1.47. The Morgan fingerprint density at radius 3 is 1.44 bits per heavy atom. The molecule has 3 fully saturated rings. The molecule has 3 rings (SSSR count). The minimum Gasteiger partial charge on any atom is -0.477 e. The molecule has 0 aliphatic carbocycles. The van der Waals surface area contributed by atoms with Crippen molar-refractivity contribution in [3.8, 4) is 0 Å². The van der Waals surface area contributed by atoms with Gasteiger partial charge in [-0.15, -0.1) is 0 Å². The van der Waals surface area contributed by atoms with Crippen LogP contribution in [-0.4, -0.2) is 215 Å². The molecule has 0 bridgehead atoms. The maximum Gasteiger partial charge on any atom is 0.364 e. The van der Waals surface area contributed by atoms with Gasteiger partial charge in [0.2, 0.25) is 11.8 Å². The van der Waals surface area contributed by atoms with Crippen molar-refractivity contribution >= 4 is 17.8 Å². The van der Waals surface area contributed by atoms with Gasteiger partial charge in [0.05, 0.1) is 50.7 Å². The van der Waals surface area contributed by atoms with E-state index in [9.17, 15) is 75.7 Å². The fraction of sp³-hybridized carbons (Fsp3) is 0.930. The van der Waals surface area contributed by atoms with E-state index in [4.69, 9.17) is 28.4 Å². The quantitative estimate of drug-likeness (QED) is 0.0203. The minimum atomic E-state index is -3.08. The number of rotatable bonds is 57. The van der Waals surface area contributed by atoms with Crippen molar-refractivity contribution in [3.05, 3.63) is 12.2 Å². The van der Waals surface area contributed by atoms with Crippen LogP contribution in [0.15, 0.2) is 12.2 Å². The smallest absolute Gasteiger partial charge is 0.364 e. The summed E-state index contributed by atoms with van der Waals surface area (Å²) in [5.41, 5.74) is 0. The zero-order valence-corrected chi connectivity index (χ0v) is 57.8. The average molecular weight is 1350 g/mol. The van der Waals surface area contributed by atoms with Gasteiger partial charge in [0.1, 0.15) is 67.1 Å². The summed E-state index contributed by atoms with van der Waals surface area (Å²) in [6.45, 7) is 2.19. The van der Waals surface area contributed by atoms with E-state index in [0.717, 1.165) is 58.3 Å². The molecular weight excluding hydrogens is 1220 g/mol. The minimum absolute atomic E-state index is 0.226. The van der Waals surface area contributed by atoms with E-state index >= 15 is 0 Å². The monoisotopic (exact) mass is 1350 g/mol. The zero-order chi connectivity index (χ0) is 68.9. The lowest BCUT2D eigenvalue weighted by molar-refractivity contribution is -0.386. The molecule has 0 saturated carbocycles. The fourth-order valence-electron chi connectivity index (χ4n) is 13.1. The number of aliphatic hydroxyl groups is 11. The van der Waals surface area contributed by atoms with Gasteiger partial charge in [0.15, 0.2) is 12.6 Å². The second-order valence-electron chi connectivity index (χ2n) is 27.2. The molecule has 0 aromatic heterocycles. The molecule has 3 saturated heterocycles. The average Bonchev–Trinajstić information content (AvgIpc) is 0.759. The van der Waals surface area contributed by atoms with Crippen LogP contribution in [0.2, 0.25) is 0 Å². The molecule has 0 aromatic carbocycles. The lowest BCUT2D eigenvalue weighted by atomic mass is 9.88. The third-order valence-corrected chi connectivity index (χ3v) is 19.0. The third-order valence-electron chi connectivity index (χ3n) is 19.0. The molecule has 18 atom stereocenters. The van der Waals surface area contributed by atoms with Gasteiger partial charge in [-0.05, 0) is 38.5 Å². The highest BCUT2D eigenvalue weighted by molar-refractivity contribution is 5.77. The van der Waals surface area contributed by atoms with Crippen molar-refractivity contribution in [1.29, 1.82) is 0 Å². The summed E-state index contributed by atoms with van der Waals surface area (Å²) in [5, 5.41) is 136. The van der Waals surface area contributed by atoms with Crippen LogP contribution in [0.3, 0.4) is 0 Å². The van der Waals surface area contributed by atoms with E-state index in [1.54, 1.807) is 0 Å². The first-order valence-corrected chi connectivity index (χ1v) is 37.0. The van der Waals surface area contributed by atoms with Gasteiger partial charge < -0.3 is 100 Å². The van der Waals surface area contributed by atoms with Crippen LogP contribution >= 0.6 is 0 Å². The van der Waals surface area contributed by atoms with Crippen LogP contribution in [-0.2, 0) is 42.8 Å². The van der Waals surface area contributed by atoms with Gasteiger partial charge in [-0.1, -0.05) is 238 Å². The van der Waals surface area contributed by atoms with Gasteiger partial charge >= 0.3 is 5.97 Å². The predicted molar refractivity (Wildman–Crippen MR) is 357 cm³/mol. The molecule has 3 aliphatic rings. The number of aliphatic carboxylic acids is 1. The number of carbonyl (C=O) groups is 3. The molecule has 0 spiro atoms. The Morgan fingerprint density at radius 1 is 0.543 bits per heavy atom. The summed E-state index contributed by atoms with van der Waals surface area (Å²) in [7, 11) is 0. The number of nitrogens with one attached hydrogen (secondary N) is 2. The van der Waals surface area contributed by atoms with E-state index in [1.165, 1.54) is 180 Å². The van der Waals surface area contributed by atoms with E-state index < -0.39 is 148 Å². The van der Waals surface area contributed by atoms with Crippen LogP contribution in [0.5, 0.6) is 0 Å². The lowest BCUT2D eigenvalue weighted by Gasteiger charge is -2.50. The van der Waals surface area contributed by atoms with E-state index in [-0.39, 0.29) is 18.9 Å². The van der Waals surface area contributed by atoms with E-state index in [2.05, 4.69) is 36.6 Å². The summed E-state index contributed by atoms with van der Waals surface area (Å²) in [5.74, 6) is -6.10. The largest absolute Gasteiger partial charge is 0.477 e. The SMILES string of the molecule is CCCCCCCCCCCCCC/C=C\CCCCCCCCCCCCCCCCC(=O)NC(COC1OC(CO)C(OC2OC(CO)C(O)C(OC3(C(=O)O)CC(O)C(NC(C)=O)C(C(O)C(O)CO)O3)C2O)C(O)C1O)C(O)CCCCCCCCCCCC. The van der Waals surface area contributed by atoms with E-state index in [1.807, 2.05) is 0 Å². The number of unbranched alkanes of at least 4 members (excludes halogenated alkanes) is 35. The van der Waals surface area contributed by atoms with E-state index in [0.29, 0.717) is 19.3 Å². The van der Waals surface area contributed by atoms with Gasteiger partial charge in [-0.25, -0.2) is 4.79 Å². The number of hydrogen-bond acceptors (Lipinski definition) is 20. The zero-order valence-electron chi connectivity index (χ0n) is 57.8. The maximum atomic E-state index is 13.5. The Labute approximate surface area is 562 Å². The molecule has 23 heteroatoms. The summed E-state index contributed by atoms with van der Waals surface area (Å²) < 4.78 is 34.8. The van der Waals surface area contributed by atoms with Gasteiger partial charge in [0.25, 0.3) is 5.79 Å². The normalized spacial score (nSPS) is 27.9. The first-order valence-electron chi connectivity index (χ1n) is 37.0. The van der Waals surface area contributed by atoms with Crippen LogP contribution in [0, 0.1) is 0 Å². The Kier molecular flexibility index (Phi) is 47.0. The molecule has 552 valence electrons. The number of ether oxygens (including phenoxy) is 6. The van der Waals surface area contributed by atoms with Crippen LogP contribution in [0.25, 0.3) is 0 Å². The Hall–Kier alpha value is -2.53. The maximum absolute atomic E-state index is 13.5. The second-order valence-corrected chi connectivity index (χ2v) is 27.2. The van der Waals surface area contributed by atoms with Crippen molar-refractivity contribution < 1.29 is 104 Å². The first-order chi connectivity index (χ1) is 45.4. The number of amides is 2. The van der Waals surface area contributed by atoms with Gasteiger partial charge in [-0.3, -0.25) is 9.59 Å². The van der Waals surface area contributed by atoms with Gasteiger partial charge in [0, 0.05) is 19.8 Å². The molecule has 14 N–H and O–H groups in total. The molecule has 18 unspecified atom stereocenters. The Bertz CT molecular complexity index is 1940. The van der Waals surface area contributed by atoms with Crippen LogP contribution in [0.1, 0.15) is 284 Å². The highest BCUT2D eigenvalue weighted by atomic mass is 16.8. The Morgan fingerprint density at radius 2 is 0.989 bits per heavy atom. The lowest BCUT2D eigenvalue weighted by Crippen LogP contribution is -2.70. The van der Waals surface area contributed by atoms with Crippen molar-refractivity contribution in [2.75, 3.05) is 26.4 Å². The van der Waals surface area contributed by atoms with Crippen molar-refractivity contribution in [3.63, 3.8) is 0 Å². The third kappa shape index (κ3) is 33.1. The topological polar surface area (TPSA) is 373 Å². The summed E-state index contributed by atoms with van der Waals surface area (Å²) in [6, 6.07) is -2.53. The van der Waals surface area contributed by atoms with Crippen LogP contribution < -0.4 is 10.6 Å².